The normalized spacial score (nSPS) is 13.3. The molecule has 1 aliphatic rings. The van der Waals surface area contributed by atoms with E-state index in [0.29, 0.717) is 17.9 Å². The molecule has 0 atom stereocenters. The molecule has 0 aliphatic carbocycles. The molecule has 0 unspecified atom stereocenters. The topological polar surface area (TPSA) is 85.2 Å². The first-order valence-corrected chi connectivity index (χ1v) is 5.42. The molecule has 1 aromatic carbocycles. The predicted molar refractivity (Wildman–Crippen MR) is 65.8 cm³/mol. The second kappa shape index (κ2) is 4.75. The van der Waals surface area contributed by atoms with Crippen molar-refractivity contribution in [2.75, 3.05) is 17.7 Å². The molecule has 0 saturated heterocycles. The molecule has 3 amide bonds. The van der Waals surface area contributed by atoms with Gasteiger partial charge in [-0.05, 0) is 11.6 Å². The molecule has 0 fully saturated rings. The van der Waals surface area contributed by atoms with Crippen LogP contribution < -0.4 is 10.6 Å². The zero-order chi connectivity index (χ0) is 13.1. The van der Waals surface area contributed by atoms with Crippen molar-refractivity contribution in [2.24, 2.45) is 0 Å². The van der Waals surface area contributed by atoms with E-state index in [-0.39, 0.29) is 18.4 Å². The molecule has 0 spiro atoms. The van der Waals surface area contributed by atoms with Crippen molar-refractivity contribution in [1.82, 2.24) is 4.90 Å². The van der Waals surface area contributed by atoms with E-state index in [1.165, 1.54) is 0 Å². The lowest BCUT2D eigenvalue weighted by atomic mass is 10.1. The molecule has 1 heterocycles. The number of hydrogen-bond acceptors (Lipinski definition) is 3. The number of nitrogens with one attached hydrogen (secondary N) is 2. The number of carbonyl (C=O) groups excluding carboxylic acids is 2. The van der Waals surface area contributed by atoms with E-state index in [2.05, 4.69) is 10.6 Å². The van der Waals surface area contributed by atoms with Gasteiger partial charge in [-0.25, -0.2) is 4.79 Å². The average molecular weight is 244 g/mol. The summed E-state index contributed by atoms with van der Waals surface area (Å²) in [7, 11) is 1.69. The second-order valence-corrected chi connectivity index (χ2v) is 4.01. The van der Waals surface area contributed by atoms with Gasteiger partial charge in [-0.2, -0.15) is 5.26 Å². The summed E-state index contributed by atoms with van der Waals surface area (Å²) in [6.07, 6.45) is -0.211. The minimum absolute atomic E-state index is 0.211. The molecular weight excluding hydrogens is 232 g/mol. The average Bonchev–Trinajstić information content (AvgIpc) is 2.32. The smallest absolute Gasteiger partial charge is 0.321 e. The van der Waals surface area contributed by atoms with Crippen molar-refractivity contribution in [2.45, 2.75) is 13.0 Å². The summed E-state index contributed by atoms with van der Waals surface area (Å²) in [5, 5.41) is 13.8. The summed E-state index contributed by atoms with van der Waals surface area (Å²) in [5.74, 6) is -0.390. The van der Waals surface area contributed by atoms with Crippen LogP contribution in [-0.2, 0) is 11.3 Å². The highest BCUT2D eigenvalue weighted by molar-refractivity contribution is 6.01. The lowest BCUT2D eigenvalue weighted by molar-refractivity contribution is -0.115. The molecule has 1 aliphatic heterocycles. The highest BCUT2D eigenvalue weighted by Gasteiger charge is 2.21. The molecule has 0 bridgehead atoms. The van der Waals surface area contributed by atoms with Gasteiger partial charge in [-0.15, -0.1) is 0 Å². The lowest BCUT2D eigenvalue weighted by Gasteiger charge is -2.27. The highest BCUT2D eigenvalue weighted by atomic mass is 16.2. The van der Waals surface area contributed by atoms with E-state index in [4.69, 9.17) is 5.26 Å². The van der Waals surface area contributed by atoms with E-state index in [1.807, 2.05) is 6.07 Å². The van der Waals surface area contributed by atoms with Crippen molar-refractivity contribution in [1.29, 1.82) is 5.26 Å². The Bertz CT molecular complexity index is 547. The first-order chi connectivity index (χ1) is 8.61. The van der Waals surface area contributed by atoms with Crippen LogP contribution in [0.3, 0.4) is 0 Å². The lowest BCUT2D eigenvalue weighted by Crippen LogP contribution is -2.36. The molecule has 1 aromatic rings. The van der Waals surface area contributed by atoms with Crippen LogP contribution in [0.1, 0.15) is 12.0 Å². The number of rotatable bonds is 2. The Hall–Kier alpha value is -2.55. The number of hydrogen-bond donors (Lipinski definition) is 2. The van der Waals surface area contributed by atoms with Crippen LogP contribution in [0.25, 0.3) is 0 Å². The minimum atomic E-state index is -0.390. The second-order valence-electron chi connectivity index (χ2n) is 4.01. The van der Waals surface area contributed by atoms with Gasteiger partial charge in [0.2, 0.25) is 5.91 Å². The highest BCUT2D eigenvalue weighted by Crippen LogP contribution is 2.30. The Balaban J connectivity index is 2.28. The third kappa shape index (κ3) is 2.25. The summed E-state index contributed by atoms with van der Waals surface area (Å²) < 4.78 is 0. The zero-order valence-corrected chi connectivity index (χ0v) is 9.86. The molecule has 92 valence electrons. The van der Waals surface area contributed by atoms with Crippen LogP contribution in [0.5, 0.6) is 0 Å². The van der Waals surface area contributed by atoms with Gasteiger partial charge < -0.3 is 15.5 Å². The summed E-state index contributed by atoms with van der Waals surface area (Å²) in [6, 6.07) is 6.93. The van der Waals surface area contributed by atoms with Crippen molar-refractivity contribution in [3.63, 3.8) is 0 Å². The van der Waals surface area contributed by atoms with Gasteiger partial charge in [0, 0.05) is 13.6 Å². The molecule has 0 saturated carbocycles. The first-order valence-electron chi connectivity index (χ1n) is 5.42. The van der Waals surface area contributed by atoms with Crippen LogP contribution in [0, 0.1) is 11.3 Å². The van der Waals surface area contributed by atoms with Crippen molar-refractivity contribution >= 4 is 23.3 Å². The fourth-order valence-electron chi connectivity index (χ4n) is 1.78. The number of fused-ring (bicyclic) bond motifs is 1. The van der Waals surface area contributed by atoms with E-state index >= 15 is 0 Å². The fraction of sp³-hybridized carbons (Fsp3) is 0.250. The number of carbonyl (C=O) groups is 2. The van der Waals surface area contributed by atoms with Crippen LogP contribution in [-0.4, -0.2) is 23.9 Å². The number of amides is 3. The SMILES string of the molecule is CN1Cc2cccc(NC(=O)CC#N)c2NC1=O. The maximum absolute atomic E-state index is 11.6. The molecule has 18 heavy (non-hydrogen) atoms. The number of nitriles is 1. The van der Waals surface area contributed by atoms with Crippen LogP contribution >= 0.6 is 0 Å². The van der Waals surface area contributed by atoms with Crippen molar-refractivity contribution in [3.05, 3.63) is 23.8 Å². The molecule has 0 radical (unpaired) electrons. The Morgan fingerprint density at radius 2 is 2.39 bits per heavy atom. The van der Waals surface area contributed by atoms with E-state index < -0.39 is 0 Å². The summed E-state index contributed by atoms with van der Waals surface area (Å²) >= 11 is 0. The Morgan fingerprint density at radius 3 is 3.11 bits per heavy atom. The van der Waals surface area contributed by atoms with Crippen molar-refractivity contribution in [3.8, 4) is 6.07 Å². The van der Waals surface area contributed by atoms with Crippen LogP contribution in [0.2, 0.25) is 0 Å². The number of urea groups is 1. The largest absolute Gasteiger partial charge is 0.323 e. The van der Waals surface area contributed by atoms with Crippen LogP contribution in [0.15, 0.2) is 18.2 Å². The van der Waals surface area contributed by atoms with E-state index in [0.717, 1.165) is 5.56 Å². The third-order valence-corrected chi connectivity index (χ3v) is 2.65. The summed E-state index contributed by atoms with van der Waals surface area (Å²) in [6.45, 7) is 0.489. The number of benzene rings is 1. The minimum Gasteiger partial charge on any atom is -0.323 e. The number of nitrogens with zero attached hydrogens (tertiary/aromatic N) is 2. The van der Waals surface area contributed by atoms with Gasteiger partial charge in [-0.1, -0.05) is 12.1 Å². The molecule has 0 aromatic heterocycles. The first kappa shape index (κ1) is 11.9. The Morgan fingerprint density at radius 1 is 1.61 bits per heavy atom. The quantitative estimate of drug-likeness (QED) is 0.827. The van der Waals surface area contributed by atoms with Gasteiger partial charge in [-0.3, -0.25) is 4.79 Å². The molecule has 6 nitrogen and oxygen atoms in total. The third-order valence-electron chi connectivity index (χ3n) is 2.65. The maximum atomic E-state index is 11.6. The monoisotopic (exact) mass is 244 g/mol. The predicted octanol–water partition coefficient (Wildman–Crippen LogP) is 1.52. The van der Waals surface area contributed by atoms with Crippen LogP contribution in [0.4, 0.5) is 16.2 Å². The van der Waals surface area contributed by atoms with Crippen molar-refractivity contribution < 1.29 is 9.59 Å². The van der Waals surface area contributed by atoms with E-state index in [9.17, 15) is 9.59 Å². The van der Waals surface area contributed by atoms with Gasteiger partial charge >= 0.3 is 6.03 Å². The molecule has 2 N–H and O–H groups in total. The number of anilines is 2. The van der Waals surface area contributed by atoms with Gasteiger partial charge in [0.1, 0.15) is 6.42 Å². The Labute approximate surface area is 104 Å². The number of para-hydroxylation sites is 1. The molecule has 2 rings (SSSR count). The summed E-state index contributed by atoms with van der Waals surface area (Å²) in [4.78, 5) is 24.5. The standard InChI is InChI=1S/C12H12N4O2/c1-16-7-8-3-2-4-9(11(8)15-12(16)18)14-10(17)5-6-13/h2-4H,5,7H2,1H3,(H,14,17)(H,15,18). The van der Waals surface area contributed by atoms with Gasteiger partial charge in [0.25, 0.3) is 0 Å². The van der Waals surface area contributed by atoms with Gasteiger partial charge in [0.15, 0.2) is 0 Å². The summed E-state index contributed by atoms with van der Waals surface area (Å²) in [5.41, 5.74) is 2.05. The van der Waals surface area contributed by atoms with Gasteiger partial charge in [0.05, 0.1) is 17.4 Å². The fourth-order valence-corrected chi connectivity index (χ4v) is 1.78. The zero-order valence-electron chi connectivity index (χ0n) is 9.86. The molecule has 6 heteroatoms. The molecular formula is C12H12N4O2. The van der Waals surface area contributed by atoms with E-state index in [1.54, 1.807) is 30.1 Å². The maximum Gasteiger partial charge on any atom is 0.321 e. The Kier molecular flexibility index (Phi) is 3.15.